The van der Waals surface area contributed by atoms with Crippen LogP contribution in [0, 0.1) is 6.92 Å². The molecule has 1 unspecified atom stereocenters. The molecule has 2 rings (SSSR count). The largest absolute Gasteiger partial charge is 0.480 e. The van der Waals surface area contributed by atoms with Gasteiger partial charge in [0.25, 0.3) is 0 Å². The van der Waals surface area contributed by atoms with Gasteiger partial charge in [-0.15, -0.1) is 0 Å². The van der Waals surface area contributed by atoms with Crippen molar-refractivity contribution in [1.82, 2.24) is 9.97 Å². The summed E-state index contributed by atoms with van der Waals surface area (Å²) in [6, 6.07) is 1.76. The molecule has 0 saturated carbocycles. The number of hydrogen-bond donors (Lipinski definition) is 1. The summed E-state index contributed by atoms with van der Waals surface area (Å²) >= 11 is 0. The molecule has 0 amide bonds. The van der Waals surface area contributed by atoms with Gasteiger partial charge in [0.2, 0.25) is 11.8 Å². The van der Waals surface area contributed by atoms with Crippen molar-refractivity contribution in [3.05, 3.63) is 11.8 Å². The van der Waals surface area contributed by atoms with E-state index in [9.17, 15) is 9.90 Å². The molecule has 0 bridgehead atoms. The summed E-state index contributed by atoms with van der Waals surface area (Å²) in [7, 11) is 0. The summed E-state index contributed by atoms with van der Waals surface area (Å²) in [4.78, 5) is 22.0. The first-order valence-electron chi connectivity index (χ1n) is 6.86. The van der Waals surface area contributed by atoms with Crippen LogP contribution in [0.3, 0.4) is 0 Å². The molecule has 20 heavy (non-hydrogen) atoms. The number of nitrogens with zero attached hydrogens (tertiary/aromatic N) is 3. The van der Waals surface area contributed by atoms with Gasteiger partial charge >= 0.3 is 5.97 Å². The first-order chi connectivity index (χ1) is 9.33. The average Bonchev–Trinajstić information content (AvgIpc) is 2.71. The van der Waals surface area contributed by atoms with Crippen molar-refractivity contribution >= 4 is 11.9 Å². The summed E-state index contributed by atoms with van der Waals surface area (Å²) in [5, 5.41) is 9.46. The molecule has 1 aliphatic rings. The van der Waals surface area contributed by atoms with E-state index in [1.165, 1.54) is 0 Å². The summed E-state index contributed by atoms with van der Waals surface area (Å²) in [5.41, 5.74) is -0.173. The van der Waals surface area contributed by atoms with Crippen LogP contribution < -0.4 is 9.64 Å². The number of hydrogen-bond acceptors (Lipinski definition) is 5. The zero-order valence-electron chi connectivity index (χ0n) is 12.4. The Hall–Kier alpha value is -1.85. The van der Waals surface area contributed by atoms with Crippen LogP contribution in [-0.4, -0.2) is 39.2 Å². The number of aliphatic carboxylic acids is 1. The van der Waals surface area contributed by atoms with Crippen LogP contribution in [0.2, 0.25) is 0 Å². The predicted octanol–water partition coefficient (Wildman–Crippen LogP) is 2.02. The van der Waals surface area contributed by atoms with Crippen LogP contribution in [0.5, 0.6) is 5.88 Å². The van der Waals surface area contributed by atoms with Crippen molar-refractivity contribution in [2.45, 2.75) is 52.2 Å². The maximum atomic E-state index is 11.5. The number of anilines is 1. The molecular weight excluding hydrogens is 258 g/mol. The monoisotopic (exact) mass is 279 g/mol. The van der Waals surface area contributed by atoms with Crippen molar-refractivity contribution in [2.24, 2.45) is 0 Å². The van der Waals surface area contributed by atoms with E-state index in [4.69, 9.17) is 4.74 Å². The van der Waals surface area contributed by atoms with Crippen LogP contribution >= 0.6 is 0 Å². The first kappa shape index (κ1) is 14.6. The van der Waals surface area contributed by atoms with E-state index in [0.29, 0.717) is 24.8 Å². The number of aromatic nitrogens is 2. The van der Waals surface area contributed by atoms with Crippen LogP contribution in [0.25, 0.3) is 0 Å². The summed E-state index contributed by atoms with van der Waals surface area (Å²) in [5.74, 6) is 0.0802. The van der Waals surface area contributed by atoms with Crippen LogP contribution in [0.1, 0.15) is 39.3 Å². The van der Waals surface area contributed by atoms with Crippen LogP contribution in [0.4, 0.5) is 5.95 Å². The van der Waals surface area contributed by atoms with Crippen molar-refractivity contribution in [3.8, 4) is 5.88 Å². The molecule has 0 aromatic carbocycles. The lowest BCUT2D eigenvalue weighted by Gasteiger charge is -2.31. The highest BCUT2D eigenvalue weighted by Crippen LogP contribution is 2.33. The lowest BCUT2D eigenvalue weighted by molar-refractivity contribution is -0.142. The van der Waals surface area contributed by atoms with E-state index in [1.807, 2.05) is 20.8 Å². The van der Waals surface area contributed by atoms with E-state index in [2.05, 4.69) is 9.97 Å². The van der Waals surface area contributed by atoms with Gasteiger partial charge in [-0.1, -0.05) is 0 Å². The predicted molar refractivity (Wildman–Crippen MR) is 75.2 cm³/mol. The fraction of sp³-hybridized carbons (Fsp3) is 0.643. The molecule has 6 nitrogen and oxygen atoms in total. The highest BCUT2D eigenvalue weighted by atomic mass is 16.5. The molecule has 1 atom stereocenters. The van der Waals surface area contributed by atoms with E-state index in [0.717, 1.165) is 12.1 Å². The molecule has 1 aliphatic heterocycles. The topological polar surface area (TPSA) is 75.5 Å². The van der Waals surface area contributed by atoms with Gasteiger partial charge in [-0.2, -0.15) is 4.98 Å². The third-order valence-electron chi connectivity index (χ3n) is 3.52. The van der Waals surface area contributed by atoms with E-state index < -0.39 is 11.5 Å². The number of carboxylic acids is 1. The smallest absolute Gasteiger partial charge is 0.329 e. The molecule has 1 saturated heterocycles. The van der Waals surface area contributed by atoms with E-state index in [1.54, 1.807) is 17.9 Å². The Balaban J connectivity index is 2.37. The van der Waals surface area contributed by atoms with Crippen LogP contribution in [0.15, 0.2) is 6.07 Å². The second-order valence-electron chi connectivity index (χ2n) is 5.65. The summed E-state index contributed by atoms with van der Waals surface area (Å²) < 4.78 is 5.60. The van der Waals surface area contributed by atoms with Gasteiger partial charge in [-0.3, -0.25) is 0 Å². The minimum absolute atomic E-state index is 0.0154. The normalized spacial score (nSPS) is 22.4. The molecule has 0 spiro atoms. The minimum Gasteiger partial charge on any atom is -0.480 e. The maximum Gasteiger partial charge on any atom is 0.329 e. The van der Waals surface area contributed by atoms with Gasteiger partial charge < -0.3 is 14.7 Å². The summed E-state index contributed by atoms with van der Waals surface area (Å²) in [6.07, 6.45) is 1.43. The SMILES string of the molecule is Cc1cc(OC(C)C)nc(N2CCCC2(C)C(=O)O)n1. The van der Waals surface area contributed by atoms with Crippen molar-refractivity contribution < 1.29 is 14.6 Å². The Morgan fingerprint density at radius 1 is 1.50 bits per heavy atom. The molecule has 6 heteroatoms. The quantitative estimate of drug-likeness (QED) is 0.908. The molecule has 1 fully saturated rings. The molecule has 110 valence electrons. The van der Waals surface area contributed by atoms with E-state index in [-0.39, 0.29) is 6.10 Å². The maximum absolute atomic E-state index is 11.5. The Bertz CT molecular complexity index is 518. The molecule has 0 radical (unpaired) electrons. The van der Waals surface area contributed by atoms with Gasteiger partial charge in [0, 0.05) is 18.3 Å². The second-order valence-corrected chi connectivity index (χ2v) is 5.65. The van der Waals surface area contributed by atoms with Crippen molar-refractivity contribution in [3.63, 3.8) is 0 Å². The number of carbonyl (C=O) groups is 1. The highest BCUT2D eigenvalue weighted by molar-refractivity contribution is 5.83. The van der Waals surface area contributed by atoms with Gasteiger partial charge in [0.1, 0.15) is 5.54 Å². The number of carboxylic acid groups (broad SMARTS) is 1. The Morgan fingerprint density at radius 2 is 2.20 bits per heavy atom. The Labute approximate surface area is 118 Å². The third kappa shape index (κ3) is 2.69. The third-order valence-corrected chi connectivity index (χ3v) is 3.52. The fourth-order valence-electron chi connectivity index (χ4n) is 2.45. The minimum atomic E-state index is -0.942. The molecule has 0 aliphatic carbocycles. The summed E-state index contributed by atoms with van der Waals surface area (Å²) in [6.45, 7) is 8.07. The van der Waals surface area contributed by atoms with Crippen LogP contribution in [-0.2, 0) is 4.79 Å². The van der Waals surface area contributed by atoms with Crippen molar-refractivity contribution in [2.75, 3.05) is 11.4 Å². The Morgan fingerprint density at radius 3 is 2.80 bits per heavy atom. The average molecular weight is 279 g/mol. The number of ether oxygens (including phenoxy) is 1. The van der Waals surface area contributed by atoms with Gasteiger partial charge in [0.05, 0.1) is 6.10 Å². The lowest BCUT2D eigenvalue weighted by Crippen LogP contribution is -2.48. The second kappa shape index (κ2) is 5.26. The fourth-order valence-corrected chi connectivity index (χ4v) is 2.45. The lowest BCUT2D eigenvalue weighted by atomic mass is 10.00. The number of rotatable bonds is 4. The van der Waals surface area contributed by atoms with E-state index >= 15 is 0 Å². The zero-order chi connectivity index (χ0) is 14.9. The van der Waals surface area contributed by atoms with Gasteiger partial charge in [-0.05, 0) is 40.5 Å². The van der Waals surface area contributed by atoms with Gasteiger partial charge in [0.15, 0.2) is 0 Å². The van der Waals surface area contributed by atoms with Gasteiger partial charge in [-0.25, -0.2) is 9.78 Å². The molecule has 2 heterocycles. The number of aryl methyl sites for hydroxylation is 1. The zero-order valence-corrected chi connectivity index (χ0v) is 12.4. The standard InChI is InChI=1S/C14H21N3O3/c1-9(2)20-11-8-10(3)15-13(16-11)17-7-5-6-14(17,4)12(18)19/h8-9H,5-7H2,1-4H3,(H,18,19). The molecule has 1 aromatic heterocycles. The highest BCUT2D eigenvalue weighted by Gasteiger charge is 2.44. The Kier molecular flexibility index (Phi) is 3.83. The van der Waals surface area contributed by atoms with Crippen molar-refractivity contribution in [1.29, 1.82) is 0 Å². The molecule has 1 aromatic rings. The molecular formula is C14H21N3O3. The first-order valence-corrected chi connectivity index (χ1v) is 6.86. The molecule has 1 N–H and O–H groups in total.